The quantitative estimate of drug-likeness (QED) is 0.913. The predicted molar refractivity (Wildman–Crippen MR) is 78.6 cm³/mol. The van der Waals surface area contributed by atoms with Gasteiger partial charge in [0.25, 0.3) is 0 Å². The fourth-order valence-corrected chi connectivity index (χ4v) is 2.32. The smallest absolute Gasteiger partial charge is 0.322 e. The molecular weight excluding hydrogens is 280 g/mol. The molecule has 1 fully saturated rings. The number of amides is 2. The number of hydrogen-bond acceptors (Lipinski definition) is 3. The minimum Gasteiger partial charge on any atom is -0.495 e. The fourth-order valence-electron chi connectivity index (χ4n) is 2.13. The van der Waals surface area contributed by atoms with Gasteiger partial charge >= 0.3 is 6.03 Å². The first kappa shape index (κ1) is 14.9. The molecule has 1 unspecified atom stereocenters. The molecule has 110 valence electrons. The molecule has 1 aliphatic rings. The maximum Gasteiger partial charge on any atom is 0.322 e. The highest BCUT2D eigenvalue weighted by molar-refractivity contribution is 6.32. The van der Waals surface area contributed by atoms with Gasteiger partial charge in [0.2, 0.25) is 0 Å². The average Bonchev–Trinajstić information content (AvgIpc) is 2.65. The van der Waals surface area contributed by atoms with Crippen LogP contribution in [0.4, 0.5) is 10.5 Å². The summed E-state index contributed by atoms with van der Waals surface area (Å²) in [7, 11) is 1.54. The summed E-state index contributed by atoms with van der Waals surface area (Å²) in [5, 5.41) is 3.38. The third-order valence-corrected chi connectivity index (χ3v) is 3.66. The van der Waals surface area contributed by atoms with Crippen LogP contribution in [-0.2, 0) is 4.74 Å². The lowest BCUT2D eigenvalue weighted by molar-refractivity contribution is 0.143. The predicted octanol–water partition coefficient (Wildman–Crippen LogP) is 2.99. The van der Waals surface area contributed by atoms with Crippen LogP contribution in [0.1, 0.15) is 13.3 Å². The molecule has 0 aliphatic carbocycles. The van der Waals surface area contributed by atoms with Crippen LogP contribution in [-0.4, -0.2) is 43.8 Å². The molecule has 2 amide bonds. The first-order chi connectivity index (χ1) is 9.61. The molecule has 0 saturated carbocycles. The number of halogens is 1. The van der Waals surface area contributed by atoms with Crippen molar-refractivity contribution in [3.05, 3.63) is 23.2 Å². The van der Waals surface area contributed by atoms with Crippen molar-refractivity contribution >= 4 is 23.3 Å². The van der Waals surface area contributed by atoms with E-state index in [1.807, 2.05) is 6.92 Å². The first-order valence-electron chi connectivity index (χ1n) is 6.60. The van der Waals surface area contributed by atoms with E-state index in [4.69, 9.17) is 21.1 Å². The maximum absolute atomic E-state index is 12.3. The Bertz CT molecular complexity index is 481. The highest BCUT2D eigenvalue weighted by Crippen LogP contribution is 2.27. The Morgan fingerprint density at radius 2 is 2.30 bits per heavy atom. The van der Waals surface area contributed by atoms with E-state index in [2.05, 4.69) is 5.32 Å². The van der Waals surface area contributed by atoms with Crippen LogP contribution in [0, 0.1) is 0 Å². The Labute approximate surface area is 123 Å². The van der Waals surface area contributed by atoms with Crippen molar-refractivity contribution in [2.75, 3.05) is 32.2 Å². The van der Waals surface area contributed by atoms with Crippen LogP contribution in [0.3, 0.4) is 0 Å². The van der Waals surface area contributed by atoms with E-state index in [-0.39, 0.29) is 12.1 Å². The number of carbonyl (C=O) groups is 1. The SMILES string of the molecule is COc1cc(NC(=O)N2CCOCCC2C)ccc1Cl. The van der Waals surface area contributed by atoms with Gasteiger partial charge in [-0.15, -0.1) is 0 Å². The summed E-state index contributed by atoms with van der Waals surface area (Å²) in [6.45, 7) is 3.88. The summed E-state index contributed by atoms with van der Waals surface area (Å²) >= 11 is 5.96. The number of nitrogens with zero attached hydrogens (tertiary/aromatic N) is 1. The number of carbonyl (C=O) groups excluding carboxylic acids is 1. The molecule has 0 aromatic heterocycles. The molecular formula is C14H19ClN2O3. The van der Waals surface area contributed by atoms with E-state index in [0.717, 1.165) is 6.42 Å². The van der Waals surface area contributed by atoms with Crippen molar-refractivity contribution in [3.63, 3.8) is 0 Å². The van der Waals surface area contributed by atoms with Gasteiger partial charge < -0.3 is 19.7 Å². The lowest BCUT2D eigenvalue weighted by atomic mass is 10.2. The van der Waals surface area contributed by atoms with Gasteiger partial charge in [0, 0.05) is 30.9 Å². The third kappa shape index (κ3) is 3.55. The Kier molecular flexibility index (Phi) is 5.09. The number of methoxy groups -OCH3 is 1. The van der Waals surface area contributed by atoms with Crippen molar-refractivity contribution in [3.8, 4) is 5.75 Å². The fraction of sp³-hybridized carbons (Fsp3) is 0.500. The lowest BCUT2D eigenvalue weighted by Crippen LogP contribution is -2.42. The number of anilines is 1. The standard InChI is InChI=1S/C14H19ClN2O3/c1-10-5-7-20-8-6-17(10)14(18)16-11-3-4-12(15)13(9-11)19-2/h3-4,9-10H,5-8H2,1-2H3,(H,16,18). The summed E-state index contributed by atoms with van der Waals surface area (Å²) in [6, 6.07) is 5.19. The molecule has 2 rings (SSSR count). The van der Waals surface area contributed by atoms with Gasteiger partial charge in [0.15, 0.2) is 0 Å². The van der Waals surface area contributed by atoms with Gasteiger partial charge in [-0.25, -0.2) is 4.79 Å². The van der Waals surface area contributed by atoms with Crippen LogP contribution >= 0.6 is 11.6 Å². The Morgan fingerprint density at radius 1 is 1.50 bits per heavy atom. The van der Waals surface area contributed by atoms with Gasteiger partial charge in [-0.3, -0.25) is 0 Å². The molecule has 0 bridgehead atoms. The summed E-state index contributed by atoms with van der Waals surface area (Å²) in [4.78, 5) is 14.1. The molecule has 1 N–H and O–H groups in total. The van der Waals surface area contributed by atoms with E-state index >= 15 is 0 Å². The molecule has 6 heteroatoms. The minimum atomic E-state index is -0.132. The monoisotopic (exact) mass is 298 g/mol. The molecule has 0 spiro atoms. The third-order valence-electron chi connectivity index (χ3n) is 3.35. The normalized spacial score (nSPS) is 19.4. The van der Waals surface area contributed by atoms with Crippen molar-refractivity contribution in [1.29, 1.82) is 0 Å². The van der Waals surface area contributed by atoms with E-state index in [9.17, 15) is 4.79 Å². The van der Waals surface area contributed by atoms with Crippen LogP contribution in [0.25, 0.3) is 0 Å². The first-order valence-corrected chi connectivity index (χ1v) is 6.98. The van der Waals surface area contributed by atoms with Gasteiger partial charge in [0.1, 0.15) is 5.75 Å². The van der Waals surface area contributed by atoms with E-state index in [1.54, 1.807) is 30.2 Å². The molecule has 1 aliphatic heterocycles. The van der Waals surface area contributed by atoms with E-state index < -0.39 is 0 Å². The molecule has 0 radical (unpaired) electrons. The number of benzene rings is 1. The van der Waals surface area contributed by atoms with Crippen molar-refractivity contribution in [2.24, 2.45) is 0 Å². The van der Waals surface area contributed by atoms with Crippen molar-refractivity contribution in [2.45, 2.75) is 19.4 Å². The second-order valence-electron chi connectivity index (χ2n) is 4.72. The summed E-state index contributed by atoms with van der Waals surface area (Å²) < 4.78 is 10.5. The molecule has 20 heavy (non-hydrogen) atoms. The maximum atomic E-state index is 12.3. The summed E-state index contributed by atoms with van der Waals surface area (Å²) in [6.07, 6.45) is 0.845. The van der Waals surface area contributed by atoms with Crippen LogP contribution in [0.2, 0.25) is 5.02 Å². The Hall–Kier alpha value is -1.46. The van der Waals surface area contributed by atoms with Gasteiger partial charge in [0.05, 0.1) is 18.7 Å². The largest absolute Gasteiger partial charge is 0.495 e. The zero-order chi connectivity index (χ0) is 14.5. The molecule has 1 aromatic rings. The van der Waals surface area contributed by atoms with E-state index in [0.29, 0.717) is 36.2 Å². The van der Waals surface area contributed by atoms with Crippen LogP contribution in [0.5, 0.6) is 5.75 Å². The van der Waals surface area contributed by atoms with Crippen LogP contribution in [0.15, 0.2) is 18.2 Å². The van der Waals surface area contributed by atoms with Crippen molar-refractivity contribution < 1.29 is 14.3 Å². The second-order valence-corrected chi connectivity index (χ2v) is 5.13. The molecule has 5 nitrogen and oxygen atoms in total. The zero-order valence-electron chi connectivity index (χ0n) is 11.7. The van der Waals surface area contributed by atoms with E-state index in [1.165, 1.54) is 0 Å². The summed E-state index contributed by atoms with van der Waals surface area (Å²) in [5.41, 5.74) is 0.661. The number of ether oxygens (including phenoxy) is 2. The number of rotatable bonds is 2. The molecule has 1 heterocycles. The van der Waals surface area contributed by atoms with Gasteiger partial charge in [-0.2, -0.15) is 0 Å². The number of urea groups is 1. The highest BCUT2D eigenvalue weighted by atomic mass is 35.5. The van der Waals surface area contributed by atoms with Gasteiger partial charge in [-0.05, 0) is 25.5 Å². The lowest BCUT2D eigenvalue weighted by Gasteiger charge is -2.26. The number of nitrogens with one attached hydrogen (secondary N) is 1. The zero-order valence-corrected chi connectivity index (χ0v) is 12.4. The highest BCUT2D eigenvalue weighted by Gasteiger charge is 2.22. The minimum absolute atomic E-state index is 0.132. The Balaban J connectivity index is 2.06. The average molecular weight is 299 g/mol. The van der Waals surface area contributed by atoms with Gasteiger partial charge in [-0.1, -0.05) is 11.6 Å². The molecule has 1 aromatic carbocycles. The second kappa shape index (κ2) is 6.81. The van der Waals surface area contributed by atoms with Crippen LogP contribution < -0.4 is 10.1 Å². The molecule has 1 saturated heterocycles. The molecule has 1 atom stereocenters. The number of hydrogen-bond donors (Lipinski definition) is 1. The summed E-state index contributed by atoms with van der Waals surface area (Å²) in [5.74, 6) is 0.539. The van der Waals surface area contributed by atoms with Crippen molar-refractivity contribution in [1.82, 2.24) is 4.90 Å². The Morgan fingerprint density at radius 3 is 3.05 bits per heavy atom. The topological polar surface area (TPSA) is 50.8 Å².